The molecule has 7 heteroatoms. The molecule has 2 aromatic rings. The van der Waals surface area contributed by atoms with Crippen LogP contribution >= 0.6 is 0 Å². The van der Waals surface area contributed by atoms with E-state index in [9.17, 15) is 4.79 Å². The number of fused-ring (bicyclic) bond motifs is 1. The van der Waals surface area contributed by atoms with Gasteiger partial charge >= 0.3 is 0 Å². The highest BCUT2D eigenvalue weighted by Crippen LogP contribution is 2.20. The van der Waals surface area contributed by atoms with Crippen molar-refractivity contribution in [1.29, 1.82) is 0 Å². The van der Waals surface area contributed by atoms with Gasteiger partial charge in [-0.05, 0) is 0 Å². The summed E-state index contributed by atoms with van der Waals surface area (Å²) < 4.78 is 1.69. The van der Waals surface area contributed by atoms with Crippen LogP contribution < -0.4 is 5.32 Å². The highest BCUT2D eigenvalue weighted by molar-refractivity contribution is 6.00. The Morgan fingerprint density at radius 3 is 2.86 bits per heavy atom. The van der Waals surface area contributed by atoms with Crippen molar-refractivity contribution in [3.8, 4) is 0 Å². The molecule has 2 aliphatic heterocycles. The number of piperazine rings is 1. The van der Waals surface area contributed by atoms with Gasteiger partial charge < -0.3 is 10.2 Å². The molecule has 0 aromatic carbocycles. The third-order valence-corrected chi connectivity index (χ3v) is 4.37. The van der Waals surface area contributed by atoms with Crippen LogP contribution in [-0.2, 0) is 0 Å². The van der Waals surface area contributed by atoms with E-state index >= 15 is 0 Å². The number of carbonyl (C=O) groups excluding carboxylic acids is 1. The zero-order valence-corrected chi connectivity index (χ0v) is 11.8. The van der Waals surface area contributed by atoms with Gasteiger partial charge in [-0.25, -0.2) is 4.52 Å². The van der Waals surface area contributed by atoms with E-state index in [4.69, 9.17) is 0 Å². The van der Waals surface area contributed by atoms with Crippen LogP contribution in [0.1, 0.15) is 10.4 Å². The summed E-state index contributed by atoms with van der Waals surface area (Å²) in [6.07, 6.45) is 6.75. The van der Waals surface area contributed by atoms with Gasteiger partial charge in [0, 0.05) is 57.7 Å². The first-order valence-electron chi connectivity index (χ1n) is 7.34. The van der Waals surface area contributed by atoms with Gasteiger partial charge in [0.15, 0.2) is 0 Å². The minimum Gasteiger partial charge on any atom is -0.335 e. The van der Waals surface area contributed by atoms with Crippen molar-refractivity contribution in [1.82, 2.24) is 29.7 Å². The van der Waals surface area contributed by atoms with Gasteiger partial charge in [0.05, 0.1) is 23.5 Å². The zero-order chi connectivity index (χ0) is 14.2. The molecule has 1 N–H and O–H groups in total. The average Bonchev–Trinajstić information content (AvgIpc) is 2.90. The first-order chi connectivity index (χ1) is 10.3. The lowest BCUT2D eigenvalue weighted by molar-refractivity contribution is 0.0228. The Morgan fingerprint density at radius 2 is 2.05 bits per heavy atom. The zero-order valence-electron chi connectivity index (χ0n) is 11.8. The van der Waals surface area contributed by atoms with Crippen LogP contribution in [0, 0.1) is 0 Å². The quantitative estimate of drug-likeness (QED) is 0.803. The van der Waals surface area contributed by atoms with Crippen LogP contribution in [0.25, 0.3) is 5.52 Å². The van der Waals surface area contributed by atoms with Crippen molar-refractivity contribution in [3.63, 3.8) is 0 Å². The number of amides is 1. The molecule has 4 heterocycles. The van der Waals surface area contributed by atoms with Gasteiger partial charge in [0.1, 0.15) is 0 Å². The lowest BCUT2D eigenvalue weighted by Gasteiger charge is -2.46. The maximum Gasteiger partial charge on any atom is 0.257 e. The van der Waals surface area contributed by atoms with E-state index in [1.54, 1.807) is 29.3 Å². The number of carbonyl (C=O) groups is 1. The SMILES string of the molecule is O=C(c1cnn2ccncc12)N1CC(N2CCNCC2)C1. The van der Waals surface area contributed by atoms with Gasteiger partial charge in [-0.1, -0.05) is 0 Å². The second-order valence-corrected chi connectivity index (χ2v) is 5.61. The van der Waals surface area contributed by atoms with E-state index in [0.29, 0.717) is 11.6 Å². The molecule has 2 aromatic heterocycles. The monoisotopic (exact) mass is 286 g/mol. The van der Waals surface area contributed by atoms with Crippen LogP contribution in [0.4, 0.5) is 0 Å². The highest BCUT2D eigenvalue weighted by Gasteiger charge is 2.36. The van der Waals surface area contributed by atoms with Crippen molar-refractivity contribution in [2.75, 3.05) is 39.3 Å². The van der Waals surface area contributed by atoms with Crippen molar-refractivity contribution >= 4 is 11.4 Å². The van der Waals surface area contributed by atoms with Crippen molar-refractivity contribution in [2.45, 2.75) is 6.04 Å². The second-order valence-electron chi connectivity index (χ2n) is 5.61. The van der Waals surface area contributed by atoms with Gasteiger partial charge in [0.25, 0.3) is 5.91 Å². The minimum atomic E-state index is 0.0596. The molecule has 2 aliphatic rings. The molecule has 0 bridgehead atoms. The topological polar surface area (TPSA) is 65.8 Å². The number of aromatic nitrogens is 3. The second kappa shape index (κ2) is 5.09. The molecule has 1 amide bonds. The van der Waals surface area contributed by atoms with E-state index in [0.717, 1.165) is 44.8 Å². The Labute approximate surface area is 122 Å². The molecule has 4 rings (SSSR count). The maximum atomic E-state index is 12.5. The molecule has 0 radical (unpaired) electrons. The van der Waals surface area contributed by atoms with Crippen molar-refractivity contribution in [2.24, 2.45) is 0 Å². The molecular formula is C14H18N6O. The fourth-order valence-corrected chi connectivity index (χ4v) is 3.07. The van der Waals surface area contributed by atoms with Crippen LogP contribution in [0.3, 0.4) is 0 Å². The van der Waals surface area contributed by atoms with E-state index in [1.165, 1.54) is 0 Å². The fourth-order valence-electron chi connectivity index (χ4n) is 3.07. The van der Waals surface area contributed by atoms with E-state index < -0.39 is 0 Å². The van der Waals surface area contributed by atoms with Crippen LogP contribution in [0.5, 0.6) is 0 Å². The molecular weight excluding hydrogens is 268 g/mol. The molecule has 0 aliphatic carbocycles. The molecule has 21 heavy (non-hydrogen) atoms. The number of hydrogen-bond acceptors (Lipinski definition) is 5. The fraction of sp³-hybridized carbons (Fsp3) is 0.500. The van der Waals surface area contributed by atoms with Gasteiger partial charge in [-0.3, -0.25) is 14.7 Å². The maximum absolute atomic E-state index is 12.5. The predicted molar refractivity (Wildman–Crippen MR) is 77.1 cm³/mol. The molecule has 7 nitrogen and oxygen atoms in total. The summed E-state index contributed by atoms with van der Waals surface area (Å²) in [5, 5.41) is 7.55. The standard InChI is InChI=1S/C14H18N6O/c21-14(12-7-17-20-6-3-16-8-13(12)20)19-9-11(10-19)18-4-1-15-2-5-18/h3,6-8,11,15H,1-2,4-5,9-10H2. The lowest BCUT2D eigenvalue weighted by Crippen LogP contribution is -2.63. The lowest BCUT2D eigenvalue weighted by atomic mass is 10.0. The Balaban J connectivity index is 1.45. The Hall–Kier alpha value is -1.99. The molecule has 2 fully saturated rings. The Morgan fingerprint density at radius 1 is 1.24 bits per heavy atom. The van der Waals surface area contributed by atoms with Gasteiger partial charge in [0.2, 0.25) is 0 Å². The number of nitrogens with one attached hydrogen (secondary N) is 1. The molecule has 0 spiro atoms. The Kier molecular flexibility index (Phi) is 3.08. The van der Waals surface area contributed by atoms with E-state index in [1.807, 2.05) is 4.90 Å². The molecule has 0 saturated carbocycles. The van der Waals surface area contributed by atoms with Gasteiger partial charge in [-0.15, -0.1) is 0 Å². The third kappa shape index (κ3) is 2.18. The molecule has 2 saturated heterocycles. The summed E-state index contributed by atoms with van der Waals surface area (Å²) in [5.41, 5.74) is 1.41. The highest BCUT2D eigenvalue weighted by atomic mass is 16.2. The molecule has 0 unspecified atom stereocenters. The largest absolute Gasteiger partial charge is 0.335 e. The number of likely N-dealkylation sites (tertiary alicyclic amines) is 1. The van der Waals surface area contributed by atoms with Crippen LogP contribution in [0.2, 0.25) is 0 Å². The van der Waals surface area contributed by atoms with E-state index in [2.05, 4.69) is 20.3 Å². The number of hydrogen-bond donors (Lipinski definition) is 1. The number of rotatable bonds is 2. The predicted octanol–water partition coefficient (Wildman–Crippen LogP) is -0.541. The first-order valence-corrected chi connectivity index (χ1v) is 7.34. The summed E-state index contributed by atoms with van der Waals surface area (Å²) in [4.78, 5) is 21.0. The normalized spacial score (nSPS) is 20.7. The summed E-state index contributed by atoms with van der Waals surface area (Å²) in [5.74, 6) is 0.0596. The smallest absolute Gasteiger partial charge is 0.257 e. The summed E-state index contributed by atoms with van der Waals surface area (Å²) in [6.45, 7) is 5.88. The minimum absolute atomic E-state index is 0.0596. The third-order valence-electron chi connectivity index (χ3n) is 4.37. The molecule has 0 atom stereocenters. The van der Waals surface area contributed by atoms with Crippen LogP contribution in [-0.4, -0.2) is 75.6 Å². The van der Waals surface area contributed by atoms with Crippen molar-refractivity contribution < 1.29 is 4.79 Å². The van der Waals surface area contributed by atoms with Crippen molar-refractivity contribution in [3.05, 3.63) is 30.4 Å². The summed E-state index contributed by atoms with van der Waals surface area (Å²) >= 11 is 0. The Bertz CT molecular complexity index is 656. The van der Waals surface area contributed by atoms with E-state index in [-0.39, 0.29) is 5.91 Å². The molecule has 110 valence electrons. The number of nitrogens with zero attached hydrogens (tertiary/aromatic N) is 5. The first kappa shape index (κ1) is 12.7. The summed E-state index contributed by atoms with van der Waals surface area (Å²) in [7, 11) is 0. The summed E-state index contributed by atoms with van der Waals surface area (Å²) in [6, 6.07) is 0.510. The van der Waals surface area contributed by atoms with Crippen LogP contribution in [0.15, 0.2) is 24.8 Å². The van der Waals surface area contributed by atoms with Gasteiger partial charge in [-0.2, -0.15) is 5.10 Å². The average molecular weight is 286 g/mol.